The molecule has 0 amide bonds. The first-order valence-corrected chi connectivity index (χ1v) is 5.23. The molecule has 0 atom stereocenters. The summed E-state index contributed by atoms with van der Waals surface area (Å²) in [6, 6.07) is 7.19. The standard InChI is InChI=1S/C12H15N3O/c1-9-14-8-11(15-9)7-13-6-10-2-4-12(16)5-3-10/h2-5,8,13,16H,6-7H2,1H3,(H,14,15). The number of rotatable bonds is 4. The number of benzene rings is 1. The van der Waals surface area contributed by atoms with Crippen LogP contribution in [0.5, 0.6) is 5.75 Å². The van der Waals surface area contributed by atoms with E-state index >= 15 is 0 Å². The van der Waals surface area contributed by atoms with Crippen LogP contribution in [0.15, 0.2) is 30.5 Å². The molecule has 2 aromatic rings. The van der Waals surface area contributed by atoms with E-state index in [1.54, 1.807) is 12.1 Å². The predicted molar refractivity (Wildman–Crippen MR) is 62.0 cm³/mol. The smallest absolute Gasteiger partial charge is 0.115 e. The van der Waals surface area contributed by atoms with Crippen LogP contribution in [0, 0.1) is 6.92 Å². The van der Waals surface area contributed by atoms with Gasteiger partial charge >= 0.3 is 0 Å². The molecule has 2 rings (SSSR count). The second kappa shape index (κ2) is 4.81. The number of aromatic amines is 1. The van der Waals surface area contributed by atoms with Gasteiger partial charge in [0.1, 0.15) is 11.6 Å². The predicted octanol–water partition coefficient (Wildman–Crippen LogP) is 1.71. The lowest BCUT2D eigenvalue weighted by Crippen LogP contribution is -2.12. The van der Waals surface area contributed by atoms with Crippen molar-refractivity contribution in [3.8, 4) is 5.75 Å². The second-order valence-corrected chi connectivity index (χ2v) is 3.76. The first-order valence-electron chi connectivity index (χ1n) is 5.23. The summed E-state index contributed by atoms with van der Waals surface area (Å²) in [5, 5.41) is 12.4. The van der Waals surface area contributed by atoms with E-state index in [4.69, 9.17) is 5.11 Å². The lowest BCUT2D eigenvalue weighted by Gasteiger charge is -2.03. The molecule has 0 aliphatic heterocycles. The average Bonchev–Trinajstić information content (AvgIpc) is 2.67. The number of phenols is 1. The van der Waals surface area contributed by atoms with Crippen LogP contribution < -0.4 is 5.32 Å². The van der Waals surface area contributed by atoms with Gasteiger partial charge in [-0.05, 0) is 24.6 Å². The molecular weight excluding hydrogens is 202 g/mol. The summed E-state index contributed by atoms with van der Waals surface area (Å²) in [6.45, 7) is 3.48. The third-order valence-corrected chi connectivity index (χ3v) is 2.34. The van der Waals surface area contributed by atoms with Gasteiger partial charge in [0.05, 0.1) is 0 Å². The number of aromatic hydroxyl groups is 1. The molecule has 0 spiro atoms. The number of imidazole rings is 1. The van der Waals surface area contributed by atoms with Crippen LogP contribution in [0.3, 0.4) is 0 Å². The molecule has 0 saturated heterocycles. The van der Waals surface area contributed by atoms with Crippen molar-refractivity contribution in [2.24, 2.45) is 0 Å². The van der Waals surface area contributed by atoms with Crippen molar-refractivity contribution < 1.29 is 5.11 Å². The fourth-order valence-electron chi connectivity index (χ4n) is 1.52. The highest BCUT2D eigenvalue weighted by Gasteiger charge is 1.97. The van der Waals surface area contributed by atoms with E-state index in [0.29, 0.717) is 5.75 Å². The molecule has 4 nitrogen and oxygen atoms in total. The minimum atomic E-state index is 0.299. The van der Waals surface area contributed by atoms with Crippen LogP contribution >= 0.6 is 0 Å². The molecule has 84 valence electrons. The zero-order valence-electron chi connectivity index (χ0n) is 9.20. The maximum Gasteiger partial charge on any atom is 0.115 e. The van der Waals surface area contributed by atoms with Gasteiger partial charge in [-0.25, -0.2) is 4.98 Å². The number of aromatic nitrogens is 2. The van der Waals surface area contributed by atoms with Crippen molar-refractivity contribution in [1.82, 2.24) is 15.3 Å². The molecule has 0 aliphatic rings. The number of hydrogen-bond donors (Lipinski definition) is 3. The summed E-state index contributed by atoms with van der Waals surface area (Å²) < 4.78 is 0. The summed E-state index contributed by atoms with van der Waals surface area (Å²) in [6.07, 6.45) is 1.83. The Morgan fingerprint density at radius 3 is 2.62 bits per heavy atom. The van der Waals surface area contributed by atoms with Crippen LogP contribution in [0.1, 0.15) is 17.1 Å². The molecule has 0 fully saturated rings. The summed E-state index contributed by atoms with van der Waals surface area (Å²) >= 11 is 0. The first kappa shape index (κ1) is 10.7. The Morgan fingerprint density at radius 1 is 1.25 bits per heavy atom. The highest BCUT2D eigenvalue weighted by molar-refractivity contribution is 5.25. The lowest BCUT2D eigenvalue weighted by molar-refractivity contribution is 0.475. The van der Waals surface area contributed by atoms with E-state index in [2.05, 4.69) is 15.3 Å². The number of hydrogen-bond acceptors (Lipinski definition) is 3. The van der Waals surface area contributed by atoms with Crippen molar-refractivity contribution in [3.63, 3.8) is 0 Å². The van der Waals surface area contributed by atoms with Crippen LogP contribution in [0.25, 0.3) is 0 Å². The number of H-pyrrole nitrogens is 1. The van der Waals surface area contributed by atoms with Crippen molar-refractivity contribution in [2.75, 3.05) is 0 Å². The van der Waals surface area contributed by atoms with Gasteiger partial charge in [0.25, 0.3) is 0 Å². The fourth-order valence-corrected chi connectivity index (χ4v) is 1.52. The van der Waals surface area contributed by atoms with E-state index in [0.717, 1.165) is 30.2 Å². The molecule has 1 aromatic heterocycles. The molecule has 0 unspecified atom stereocenters. The normalized spacial score (nSPS) is 10.6. The molecule has 4 heteroatoms. The van der Waals surface area contributed by atoms with Crippen molar-refractivity contribution in [3.05, 3.63) is 47.5 Å². The van der Waals surface area contributed by atoms with Gasteiger partial charge in [0.2, 0.25) is 0 Å². The van der Waals surface area contributed by atoms with Crippen molar-refractivity contribution in [1.29, 1.82) is 0 Å². The Labute approximate surface area is 94.4 Å². The first-order chi connectivity index (χ1) is 7.74. The largest absolute Gasteiger partial charge is 0.508 e. The zero-order valence-corrected chi connectivity index (χ0v) is 9.20. The zero-order chi connectivity index (χ0) is 11.4. The molecule has 0 radical (unpaired) electrons. The quantitative estimate of drug-likeness (QED) is 0.730. The molecule has 16 heavy (non-hydrogen) atoms. The molecule has 0 bridgehead atoms. The van der Waals surface area contributed by atoms with Crippen molar-refractivity contribution >= 4 is 0 Å². The molecular formula is C12H15N3O. The molecule has 0 aliphatic carbocycles. The van der Waals surface area contributed by atoms with Gasteiger partial charge in [0.15, 0.2) is 0 Å². The van der Waals surface area contributed by atoms with Crippen LogP contribution in [-0.2, 0) is 13.1 Å². The minimum absolute atomic E-state index is 0.299. The van der Waals surface area contributed by atoms with Crippen LogP contribution in [0.2, 0.25) is 0 Å². The summed E-state index contributed by atoms with van der Waals surface area (Å²) in [7, 11) is 0. The number of nitrogens with zero attached hydrogens (tertiary/aromatic N) is 1. The van der Waals surface area contributed by atoms with Gasteiger partial charge in [-0.3, -0.25) is 0 Å². The number of nitrogens with one attached hydrogen (secondary N) is 2. The molecule has 3 N–H and O–H groups in total. The highest BCUT2D eigenvalue weighted by atomic mass is 16.3. The highest BCUT2D eigenvalue weighted by Crippen LogP contribution is 2.09. The second-order valence-electron chi connectivity index (χ2n) is 3.76. The maximum atomic E-state index is 9.13. The van der Waals surface area contributed by atoms with E-state index in [1.807, 2.05) is 25.3 Å². The Morgan fingerprint density at radius 2 is 2.00 bits per heavy atom. The van der Waals surface area contributed by atoms with E-state index in [-0.39, 0.29) is 0 Å². The molecule has 0 saturated carbocycles. The van der Waals surface area contributed by atoms with E-state index < -0.39 is 0 Å². The van der Waals surface area contributed by atoms with E-state index in [9.17, 15) is 0 Å². The van der Waals surface area contributed by atoms with E-state index in [1.165, 1.54) is 0 Å². The van der Waals surface area contributed by atoms with Gasteiger partial charge in [-0.1, -0.05) is 12.1 Å². The summed E-state index contributed by atoms with van der Waals surface area (Å²) in [5.74, 6) is 1.23. The Balaban J connectivity index is 1.82. The van der Waals surface area contributed by atoms with Crippen LogP contribution in [0.4, 0.5) is 0 Å². The fraction of sp³-hybridized carbons (Fsp3) is 0.250. The third-order valence-electron chi connectivity index (χ3n) is 2.34. The number of aryl methyl sites for hydroxylation is 1. The van der Waals surface area contributed by atoms with Gasteiger partial charge in [-0.15, -0.1) is 0 Å². The molecule has 1 aromatic carbocycles. The Kier molecular flexibility index (Phi) is 3.22. The van der Waals surface area contributed by atoms with Gasteiger partial charge < -0.3 is 15.4 Å². The molecule has 1 heterocycles. The van der Waals surface area contributed by atoms with Crippen molar-refractivity contribution in [2.45, 2.75) is 20.0 Å². The minimum Gasteiger partial charge on any atom is -0.508 e. The van der Waals surface area contributed by atoms with Crippen LogP contribution in [-0.4, -0.2) is 15.1 Å². The topological polar surface area (TPSA) is 60.9 Å². The summed E-state index contributed by atoms with van der Waals surface area (Å²) in [4.78, 5) is 7.28. The number of phenolic OH excluding ortho intramolecular Hbond substituents is 1. The maximum absolute atomic E-state index is 9.13. The Bertz CT molecular complexity index is 448. The third kappa shape index (κ3) is 2.84. The SMILES string of the molecule is Cc1ncc(CNCc2ccc(O)cc2)[nH]1. The Hall–Kier alpha value is -1.81. The van der Waals surface area contributed by atoms with Gasteiger partial charge in [-0.2, -0.15) is 0 Å². The monoisotopic (exact) mass is 217 g/mol. The van der Waals surface area contributed by atoms with Gasteiger partial charge in [0, 0.05) is 25.0 Å². The lowest BCUT2D eigenvalue weighted by atomic mass is 10.2. The summed E-state index contributed by atoms with van der Waals surface area (Å²) in [5.41, 5.74) is 2.23. The average molecular weight is 217 g/mol.